The third kappa shape index (κ3) is 3.62. The number of carbonyl (C=O) groups is 2. The number of carbonyl (C=O) groups excluding carboxylic acids is 1. The molecule has 2 fully saturated rings. The van der Waals surface area contributed by atoms with Crippen LogP contribution in [0.3, 0.4) is 0 Å². The highest BCUT2D eigenvalue weighted by Gasteiger charge is 2.33. The van der Waals surface area contributed by atoms with Crippen LogP contribution in [0.4, 0.5) is 4.79 Å². The Hall–Kier alpha value is -1.30. The van der Waals surface area contributed by atoms with Crippen LogP contribution in [0.5, 0.6) is 0 Å². The van der Waals surface area contributed by atoms with Crippen molar-refractivity contribution in [1.82, 2.24) is 9.80 Å². The second kappa shape index (κ2) is 6.43. The van der Waals surface area contributed by atoms with Gasteiger partial charge in [0.1, 0.15) is 0 Å². The summed E-state index contributed by atoms with van der Waals surface area (Å²) in [5.74, 6) is 0.289. The number of hydrogen-bond donors (Lipinski definition) is 1. The second-order valence-corrected chi connectivity index (χ2v) is 6.06. The minimum absolute atomic E-state index is 0.0341. The van der Waals surface area contributed by atoms with Gasteiger partial charge in [-0.2, -0.15) is 0 Å². The van der Waals surface area contributed by atoms with Crippen molar-refractivity contribution in [3.8, 4) is 0 Å². The lowest BCUT2D eigenvalue weighted by Gasteiger charge is -2.35. The predicted octanol–water partition coefficient (Wildman–Crippen LogP) is 1.26. The number of carboxylic acids is 1. The monoisotopic (exact) mass is 284 g/mol. The Morgan fingerprint density at radius 3 is 2.55 bits per heavy atom. The Balaban J connectivity index is 1.87. The second-order valence-electron chi connectivity index (χ2n) is 6.06. The number of nitrogens with zero attached hydrogens (tertiary/aromatic N) is 2. The summed E-state index contributed by atoms with van der Waals surface area (Å²) in [6, 6.07) is 0.0341. The van der Waals surface area contributed by atoms with Gasteiger partial charge in [0, 0.05) is 26.2 Å². The average molecular weight is 284 g/mol. The smallest absolute Gasteiger partial charge is 0.320 e. The minimum Gasteiger partial charge on any atom is -0.481 e. The molecular formula is C14H24N2O4. The van der Waals surface area contributed by atoms with E-state index in [2.05, 4.69) is 13.8 Å². The van der Waals surface area contributed by atoms with Gasteiger partial charge in [-0.05, 0) is 18.3 Å². The van der Waals surface area contributed by atoms with E-state index in [1.165, 1.54) is 0 Å². The Kier molecular flexibility index (Phi) is 4.86. The number of aliphatic carboxylic acids is 1. The molecule has 0 aliphatic carbocycles. The lowest BCUT2D eigenvalue weighted by molar-refractivity contribution is -0.141. The van der Waals surface area contributed by atoms with Crippen molar-refractivity contribution in [2.45, 2.75) is 32.8 Å². The first-order chi connectivity index (χ1) is 9.47. The van der Waals surface area contributed by atoms with Crippen LogP contribution in [-0.2, 0) is 9.53 Å². The number of morpholine rings is 1. The molecule has 2 aliphatic rings. The molecule has 2 unspecified atom stereocenters. The van der Waals surface area contributed by atoms with Crippen LogP contribution in [-0.4, -0.2) is 65.8 Å². The first-order valence-electron chi connectivity index (χ1n) is 7.34. The fourth-order valence-electron chi connectivity index (χ4n) is 2.92. The molecule has 0 spiro atoms. The van der Waals surface area contributed by atoms with Crippen LogP contribution in [0, 0.1) is 11.8 Å². The maximum Gasteiger partial charge on any atom is 0.320 e. The van der Waals surface area contributed by atoms with Crippen molar-refractivity contribution < 1.29 is 19.4 Å². The van der Waals surface area contributed by atoms with Gasteiger partial charge in [0.15, 0.2) is 0 Å². The van der Waals surface area contributed by atoms with Gasteiger partial charge in [0.25, 0.3) is 0 Å². The molecule has 0 aromatic heterocycles. The zero-order valence-corrected chi connectivity index (χ0v) is 12.2. The molecule has 2 amide bonds. The predicted molar refractivity (Wildman–Crippen MR) is 73.5 cm³/mol. The van der Waals surface area contributed by atoms with Gasteiger partial charge in [-0.25, -0.2) is 4.79 Å². The van der Waals surface area contributed by atoms with Crippen LogP contribution in [0.15, 0.2) is 0 Å². The molecule has 114 valence electrons. The van der Waals surface area contributed by atoms with E-state index in [4.69, 9.17) is 9.84 Å². The third-order valence-corrected chi connectivity index (χ3v) is 4.25. The molecule has 1 N–H and O–H groups in total. The molecule has 0 aromatic rings. The highest BCUT2D eigenvalue weighted by Crippen LogP contribution is 2.25. The molecule has 2 rings (SSSR count). The largest absolute Gasteiger partial charge is 0.481 e. The molecule has 0 radical (unpaired) electrons. The van der Waals surface area contributed by atoms with Crippen molar-refractivity contribution in [3.63, 3.8) is 0 Å². The van der Waals surface area contributed by atoms with Crippen LogP contribution in [0.25, 0.3) is 0 Å². The zero-order chi connectivity index (χ0) is 14.7. The Morgan fingerprint density at radius 2 is 1.95 bits per heavy atom. The molecular weight excluding hydrogens is 260 g/mol. The van der Waals surface area contributed by atoms with Crippen LogP contribution < -0.4 is 0 Å². The molecule has 6 heteroatoms. The summed E-state index contributed by atoms with van der Waals surface area (Å²) in [5.41, 5.74) is 0. The van der Waals surface area contributed by atoms with Gasteiger partial charge in [-0.1, -0.05) is 13.8 Å². The maximum absolute atomic E-state index is 12.4. The van der Waals surface area contributed by atoms with Gasteiger partial charge in [0.05, 0.1) is 19.1 Å². The van der Waals surface area contributed by atoms with E-state index >= 15 is 0 Å². The molecule has 2 atom stereocenters. The van der Waals surface area contributed by atoms with E-state index in [0.29, 0.717) is 31.5 Å². The lowest BCUT2D eigenvalue weighted by Crippen LogP contribution is -2.51. The molecule has 20 heavy (non-hydrogen) atoms. The van der Waals surface area contributed by atoms with E-state index in [9.17, 15) is 9.59 Å². The molecule has 2 heterocycles. The maximum atomic E-state index is 12.4. The fraction of sp³-hybridized carbons (Fsp3) is 0.857. The van der Waals surface area contributed by atoms with Gasteiger partial charge >= 0.3 is 12.0 Å². The van der Waals surface area contributed by atoms with Crippen LogP contribution >= 0.6 is 0 Å². The van der Waals surface area contributed by atoms with E-state index < -0.39 is 5.97 Å². The number of carboxylic acid groups (broad SMARTS) is 1. The van der Waals surface area contributed by atoms with Crippen molar-refractivity contribution in [1.29, 1.82) is 0 Å². The fourth-order valence-corrected chi connectivity index (χ4v) is 2.92. The van der Waals surface area contributed by atoms with Crippen molar-refractivity contribution in [2.75, 3.05) is 32.8 Å². The molecule has 6 nitrogen and oxygen atoms in total. The number of likely N-dealkylation sites (tertiary alicyclic amines) is 1. The highest BCUT2D eigenvalue weighted by molar-refractivity contribution is 5.75. The Bertz CT molecular complexity index is 372. The minimum atomic E-state index is -0.884. The Morgan fingerprint density at radius 1 is 1.25 bits per heavy atom. The number of hydrogen-bond acceptors (Lipinski definition) is 3. The van der Waals surface area contributed by atoms with E-state index in [-0.39, 0.29) is 18.6 Å². The lowest BCUT2D eigenvalue weighted by atomic mass is 9.95. The first-order valence-corrected chi connectivity index (χ1v) is 7.34. The summed E-state index contributed by atoms with van der Waals surface area (Å²) < 4.78 is 5.40. The average Bonchev–Trinajstić information content (AvgIpc) is 2.87. The number of ether oxygens (including phenoxy) is 1. The molecule has 0 bridgehead atoms. The number of amides is 2. The topological polar surface area (TPSA) is 70.1 Å². The van der Waals surface area contributed by atoms with E-state index in [0.717, 1.165) is 19.5 Å². The molecule has 2 saturated heterocycles. The molecule has 0 saturated carbocycles. The van der Waals surface area contributed by atoms with Gasteiger partial charge in [-0.15, -0.1) is 0 Å². The molecule has 2 aliphatic heterocycles. The first kappa shape index (κ1) is 15.1. The standard InChI is InChI=1S/C14H24N2O4/c1-10(2)11-3-4-15(8-11)14(19)16-5-6-20-12(9-16)7-13(17)18/h10-12H,3-9H2,1-2H3,(H,17,18). The number of urea groups is 1. The SMILES string of the molecule is CC(C)C1CCN(C(=O)N2CCOC(CC(=O)O)C2)C1. The zero-order valence-electron chi connectivity index (χ0n) is 12.2. The Labute approximate surface area is 119 Å². The van der Waals surface area contributed by atoms with Gasteiger partial charge in [-0.3, -0.25) is 4.79 Å². The van der Waals surface area contributed by atoms with E-state index in [1.54, 1.807) is 4.90 Å². The van der Waals surface area contributed by atoms with Crippen LogP contribution in [0.1, 0.15) is 26.7 Å². The third-order valence-electron chi connectivity index (χ3n) is 4.25. The quantitative estimate of drug-likeness (QED) is 0.847. The summed E-state index contributed by atoms with van der Waals surface area (Å²) in [6.45, 7) is 7.36. The van der Waals surface area contributed by atoms with Crippen molar-refractivity contribution in [2.24, 2.45) is 11.8 Å². The summed E-state index contributed by atoms with van der Waals surface area (Å²) in [6.07, 6.45) is 0.638. The van der Waals surface area contributed by atoms with Crippen molar-refractivity contribution >= 4 is 12.0 Å². The summed E-state index contributed by atoms with van der Waals surface area (Å²) in [5, 5.41) is 8.80. The highest BCUT2D eigenvalue weighted by atomic mass is 16.5. The normalized spacial score (nSPS) is 27.1. The molecule has 0 aromatic carbocycles. The summed E-state index contributed by atoms with van der Waals surface area (Å²) in [4.78, 5) is 26.8. The van der Waals surface area contributed by atoms with Gasteiger partial charge < -0.3 is 19.6 Å². The van der Waals surface area contributed by atoms with Gasteiger partial charge in [0.2, 0.25) is 0 Å². The summed E-state index contributed by atoms with van der Waals surface area (Å²) >= 11 is 0. The summed E-state index contributed by atoms with van der Waals surface area (Å²) in [7, 11) is 0. The number of rotatable bonds is 3. The van der Waals surface area contributed by atoms with E-state index in [1.807, 2.05) is 4.90 Å². The van der Waals surface area contributed by atoms with Crippen LogP contribution in [0.2, 0.25) is 0 Å². The van der Waals surface area contributed by atoms with Crippen molar-refractivity contribution in [3.05, 3.63) is 0 Å².